The Balaban J connectivity index is 1.86. The standard InChI is InChI=1S/C20H18N2O5S2/c1-3-27-20(24)17-11(2)16-13(21-17)10-28-14-9-15(19(23)22-18(14)16)29(25,26)12-7-5-4-6-8-12/h4-9,21H,3,10H2,1-2H3,(H,22,23). The molecule has 4 rings (SSSR count). The highest BCUT2D eigenvalue weighted by Gasteiger charge is 2.30. The lowest BCUT2D eigenvalue weighted by Gasteiger charge is -2.17. The second-order valence-corrected chi connectivity index (χ2v) is 9.44. The monoisotopic (exact) mass is 430 g/mol. The zero-order chi connectivity index (χ0) is 20.8. The predicted molar refractivity (Wildman–Crippen MR) is 109 cm³/mol. The van der Waals surface area contributed by atoms with Crippen LogP contribution in [0.5, 0.6) is 0 Å². The molecule has 0 unspecified atom stereocenters. The molecule has 0 atom stereocenters. The van der Waals surface area contributed by atoms with Gasteiger partial charge in [0.05, 0.1) is 17.2 Å². The number of H-pyrrole nitrogens is 2. The van der Waals surface area contributed by atoms with E-state index in [1.165, 1.54) is 30.0 Å². The first-order valence-corrected chi connectivity index (χ1v) is 11.4. The van der Waals surface area contributed by atoms with Crippen LogP contribution in [-0.2, 0) is 20.3 Å². The Kier molecular flexibility index (Phi) is 4.87. The third kappa shape index (κ3) is 3.20. The zero-order valence-electron chi connectivity index (χ0n) is 15.7. The maximum absolute atomic E-state index is 12.9. The van der Waals surface area contributed by atoms with Gasteiger partial charge in [-0.3, -0.25) is 4.79 Å². The van der Waals surface area contributed by atoms with Gasteiger partial charge in [0.25, 0.3) is 5.56 Å². The third-order valence-corrected chi connectivity index (χ3v) is 7.58. The number of fused-ring (bicyclic) bond motifs is 3. The fourth-order valence-corrected chi connectivity index (χ4v) is 5.81. The van der Waals surface area contributed by atoms with Gasteiger partial charge in [-0.1, -0.05) is 18.2 Å². The highest BCUT2D eigenvalue weighted by atomic mass is 32.2. The summed E-state index contributed by atoms with van der Waals surface area (Å²) in [6.45, 7) is 3.76. The van der Waals surface area contributed by atoms with Crippen LogP contribution in [0.2, 0.25) is 0 Å². The maximum Gasteiger partial charge on any atom is 0.355 e. The van der Waals surface area contributed by atoms with Crippen LogP contribution in [0.4, 0.5) is 0 Å². The topological polar surface area (TPSA) is 109 Å². The molecule has 0 saturated heterocycles. The Morgan fingerprint density at radius 1 is 1.21 bits per heavy atom. The molecule has 0 radical (unpaired) electrons. The largest absolute Gasteiger partial charge is 0.461 e. The van der Waals surface area contributed by atoms with Gasteiger partial charge in [-0.25, -0.2) is 13.2 Å². The number of thioether (sulfide) groups is 1. The van der Waals surface area contributed by atoms with E-state index in [1.807, 2.05) is 0 Å². The van der Waals surface area contributed by atoms with Gasteiger partial charge in [-0.05, 0) is 37.6 Å². The lowest BCUT2D eigenvalue weighted by Crippen LogP contribution is -2.20. The van der Waals surface area contributed by atoms with Gasteiger partial charge >= 0.3 is 5.97 Å². The molecule has 9 heteroatoms. The molecular formula is C20H18N2O5S2. The van der Waals surface area contributed by atoms with Crippen molar-refractivity contribution in [3.8, 4) is 11.3 Å². The molecule has 0 saturated carbocycles. The predicted octanol–water partition coefficient (Wildman–Crippen LogP) is 3.29. The van der Waals surface area contributed by atoms with Crippen LogP contribution in [0.3, 0.4) is 0 Å². The highest BCUT2D eigenvalue weighted by Crippen LogP contribution is 2.43. The second kappa shape index (κ2) is 7.23. The van der Waals surface area contributed by atoms with Crippen molar-refractivity contribution in [1.82, 2.24) is 9.97 Å². The maximum atomic E-state index is 12.9. The second-order valence-electron chi connectivity index (χ2n) is 6.51. The Hall–Kier alpha value is -2.78. The number of sulfone groups is 1. The van der Waals surface area contributed by atoms with Crippen molar-refractivity contribution in [2.45, 2.75) is 34.3 Å². The molecule has 1 aliphatic heterocycles. The molecule has 0 bridgehead atoms. The summed E-state index contributed by atoms with van der Waals surface area (Å²) in [6.07, 6.45) is 0. The number of benzene rings is 1. The highest BCUT2D eigenvalue weighted by molar-refractivity contribution is 7.98. The lowest BCUT2D eigenvalue weighted by atomic mass is 10.1. The summed E-state index contributed by atoms with van der Waals surface area (Å²) >= 11 is 1.39. The minimum absolute atomic E-state index is 0.0642. The summed E-state index contributed by atoms with van der Waals surface area (Å²) in [5.41, 5.74) is 2.32. The smallest absolute Gasteiger partial charge is 0.355 e. The first-order valence-electron chi connectivity index (χ1n) is 8.93. The molecule has 3 aromatic rings. The van der Waals surface area contributed by atoms with E-state index in [1.54, 1.807) is 32.0 Å². The summed E-state index contributed by atoms with van der Waals surface area (Å²) < 4.78 is 30.9. The average molecular weight is 431 g/mol. The summed E-state index contributed by atoms with van der Waals surface area (Å²) in [6, 6.07) is 9.27. The van der Waals surface area contributed by atoms with Crippen molar-refractivity contribution in [3.63, 3.8) is 0 Å². The van der Waals surface area contributed by atoms with E-state index < -0.39 is 21.4 Å². The molecule has 1 aliphatic rings. The first-order chi connectivity index (χ1) is 13.8. The van der Waals surface area contributed by atoms with E-state index in [4.69, 9.17) is 4.74 Å². The quantitative estimate of drug-likeness (QED) is 0.615. The average Bonchev–Trinajstić information content (AvgIpc) is 3.05. The van der Waals surface area contributed by atoms with Crippen LogP contribution in [-0.4, -0.2) is 31.0 Å². The number of carbonyl (C=O) groups is 1. The summed E-state index contributed by atoms with van der Waals surface area (Å²) in [5, 5.41) is 0. The van der Waals surface area contributed by atoms with Crippen LogP contribution >= 0.6 is 11.8 Å². The molecule has 1 aromatic carbocycles. The Labute approximate surface area is 171 Å². The molecular weight excluding hydrogens is 412 g/mol. The van der Waals surface area contributed by atoms with Gasteiger partial charge in [-0.15, -0.1) is 11.8 Å². The lowest BCUT2D eigenvalue weighted by molar-refractivity contribution is 0.0519. The third-order valence-electron chi connectivity index (χ3n) is 4.74. The van der Waals surface area contributed by atoms with E-state index in [-0.39, 0.29) is 16.4 Å². The Morgan fingerprint density at radius 2 is 1.93 bits per heavy atom. The molecule has 3 heterocycles. The number of carbonyl (C=O) groups excluding carboxylic acids is 1. The molecule has 0 fully saturated rings. The van der Waals surface area contributed by atoms with Crippen molar-refractivity contribution in [2.24, 2.45) is 0 Å². The molecule has 0 spiro atoms. The number of esters is 1. The minimum atomic E-state index is -3.95. The van der Waals surface area contributed by atoms with Gasteiger partial charge in [0.15, 0.2) is 0 Å². The minimum Gasteiger partial charge on any atom is -0.461 e. The summed E-state index contributed by atoms with van der Waals surface area (Å²) in [4.78, 5) is 31.1. The summed E-state index contributed by atoms with van der Waals surface area (Å²) in [5.74, 6) is 0.0518. The summed E-state index contributed by atoms with van der Waals surface area (Å²) in [7, 11) is -3.95. The van der Waals surface area contributed by atoms with Crippen molar-refractivity contribution in [2.75, 3.05) is 6.61 Å². The Morgan fingerprint density at radius 3 is 2.62 bits per heavy atom. The number of aromatic nitrogens is 2. The molecule has 29 heavy (non-hydrogen) atoms. The van der Waals surface area contributed by atoms with Gasteiger partial charge in [0.1, 0.15) is 10.6 Å². The van der Waals surface area contributed by atoms with Crippen molar-refractivity contribution < 1.29 is 17.9 Å². The van der Waals surface area contributed by atoms with Gasteiger partial charge < -0.3 is 14.7 Å². The van der Waals surface area contributed by atoms with Gasteiger partial charge in [0.2, 0.25) is 9.84 Å². The molecule has 2 aromatic heterocycles. The Bertz CT molecular complexity index is 1270. The number of nitrogens with one attached hydrogen (secondary N) is 2. The number of hydrogen-bond donors (Lipinski definition) is 2. The normalized spacial score (nSPS) is 12.9. The SMILES string of the molecule is CCOC(=O)c1[nH]c2c(c1C)-c1[nH]c(=O)c(S(=O)(=O)c3ccccc3)cc1SC2. The van der Waals surface area contributed by atoms with Crippen molar-refractivity contribution >= 4 is 27.6 Å². The van der Waals surface area contributed by atoms with Crippen molar-refractivity contribution in [3.05, 3.63) is 63.7 Å². The van der Waals surface area contributed by atoms with Crippen LogP contribution in [0.25, 0.3) is 11.3 Å². The van der Waals surface area contributed by atoms with Crippen LogP contribution in [0.1, 0.15) is 28.7 Å². The fourth-order valence-electron chi connectivity index (χ4n) is 3.38. The van der Waals surface area contributed by atoms with Gasteiger partial charge in [-0.2, -0.15) is 0 Å². The fraction of sp³-hybridized carbons (Fsp3) is 0.200. The van der Waals surface area contributed by atoms with E-state index in [0.29, 0.717) is 33.2 Å². The first kappa shape index (κ1) is 19.5. The number of rotatable bonds is 4. The van der Waals surface area contributed by atoms with E-state index in [0.717, 1.165) is 5.69 Å². The van der Waals surface area contributed by atoms with Crippen LogP contribution < -0.4 is 5.56 Å². The zero-order valence-corrected chi connectivity index (χ0v) is 17.4. The molecule has 150 valence electrons. The number of hydrogen-bond acceptors (Lipinski definition) is 6. The molecule has 0 aliphatic carbocycles. The van der Waals surface area contributed by atoms with E-state index in [2.05, 4.69) is 9.97 Å². The number of aromatic amines is 2. The van der Waals surface area contributed by atoms with Crippen LogP contribution in [0.15, 0.2) is 55.9 Å². The number of pyridine rings is 1. The molecule has 0 amide bonds. The number of ether oxygens (including phenoxy) is 1. The van der Waals surface area contributed by atoms with E-state index >= 15 is 0 Å². The van der Waals surface area contributed by atoms with E-state index in [9.17, 15) is 18.0 Å². The van der Waals surface area contributed by atoms with Crippen molar-refractivity contribution in [1.29, 1.82) is 0 Å². The van der Waals surface area contributed by atoms with Gasteiger partial charge in [0, 0.05) is 21.9 Å². The molecule has 2 N–H and O–H groups in total. The van der Waals surface area contributed by atoms with Crippen LogP contribution in [0, 0.1) is 6.92 Å². The molecule has 7 nitrogen and oxygen atoms in total.